The zero-order valence-electron chi connectivity index (χ0n) is 15.7. The number of aliphatic hydroxyl groups is 1. The summed E-state index contributed by atoms with van der Waals surface area (Å²) < 4.78 is 0. The molecule has 0 radical (unpaired) electrons. The highest BCUT2D eigenvalue weighted by Gasteiger charge is 2.23. The highest BCUT2D eigenvalue weighted by Crippen LogP contribution is 2.36. The van der Waals surface area contributed by atoms with Gasteiger partial charge in [-0.15, -0.1) is 11.8 Å². The lowest BCUT2D eigenvalue weighted by atomic mass is 10.0. The standard InChI is InChI=1S/C24H20ClNO2S/c25-21-7-3-1-5-17(21)12-9-16-10-13-18(14-11-16)26-24(28)20-15-29-22-8-4-2-6-19(22)23(20)27/h1-8,10-11,13-14,27H,9,12,15H2,(H,26,28). The van der Waals surface area contributed by atoms with E-state index in [2.05, 4.69) is 5.32 Å². The van der Waals surface area contributed by atoms with Gasteiger partial charge in [-0.05, 0) is 48.2 Å². The van der Waals surface area contributed by atoms with Crippen molar-refractivity contribution in [3.63, 3.8) is 0 Å². The molecule has 0 unspecified atom stereocenters. The maximum atomic E-state index is 12.7. The minimum Gasteiger partial charge on any atom is -0.507 e. The second-order valence-electron chi connectivity index (χ2n) is 6.85. The number of thioether (sulfide) groups is 1. The van der Waals surface area contributed by atoms with Crippen molar-refractivity contribution in [1.29, 1.82) is 0 Å². The number of halogens is 1. The predicted octanol–water partition coefficient (Wildman–Crippen LogP) is 6.14. The number of benzene rings is 3. The van der Waals surface area contributed by atoms with Gasteiger partial charge in [0, 0.05) is 26.9 Å². The fourth-order valence-corrected chi connectivity index (χ4v) is 4.58. The van der Waals surface area contributed by atoms with Gasteiger partial charge in [-0.1, -0.05) is 60.1 Å². The molecular formula is C24H20ClNO2S. The fourth-order valence-electron chi connectivity index (χ4n) is 3.28. The maximum Gasteiger partial charge on any atom is 0.256 e. The van der Waals surface area contributed by atoms with Crippen molar-refractivity contribution >= 4 is 40.7 Å². The van der Waals surface area contributed by atoms with Crippen LogP contribution in [0.2, 0.25) is 5.02 Å². The molecule has 0 aliphatic carbocycles. The molecule has 0 saturated carbocycles. The predicted molar refractivity (Wildman–Crippen MR) is 121 cm³/mol. The largest absolute Gasteiger partial charge is 0.507 e. The Bertz CT molecular complexity index is 1080. The van der Waals surface area contributed by atoms with E-state index in [1.54, 1.807) is 11.8 Å². The second kappa shape index (κ2) is 8.76. The molecule has 146 valence electrons. The summed E-state index contributed by atoms with van der Waals surface area (Å²) in [5, 5.41) is 14.2. The van der Waals surface area contributed by atoms with Gasteiger partial charge in [0.15, 0.2) is 0 Å². The van der Waals surface area contributed by atoms with Crippen LogP contribution >= 0.6 is 23.4 Å². The van der Waals surface area contributed by atoms with Gasteiger partial charge < -0.3 is 10.4 Å². The Hall–Kier alpha value is -2.69. The van der Waals surface area contributed by atoms with Gasteiger partial charge in [0.05, 0.1) is 5.57 Å². The molecule has 1 amide bonds. The fraction of sp³-hybridized carbons (Fsp3) is 0.125. The van der Waals surface area contributed by atoms with E-state index >= 15 is 0 Å². The minimum atomic E-state index is -0.270. The van der Waals surface area contributed by atoms with Crippen LogP contribution in [0, 0.1) is 0 Å². The smallest absolute Gasteiger partial charge is 0.256 e. The third kappa shape index (κ3) is 4.50. The first-order chi connectivity index (χ1) is 14.1. The van der Waals surface area contributed by atoms with Crippen LogP contribution in [0.4, 0.5) is 5.69 Å². The Morgan fingerprint density at radius 2 is 1.69 bits per heavy atom. The minimum absolute atomic E-state index is 0.0632. The van der Waals surface area contributed by atoms with Gasteiger partial charge in [-0.2, -0.15) is 0 Å². The van der Waals surface area contributed by atoms with E-state index < -0.39 is 0 Å². The second-order valence-corrected chi connectivity index (χ2v) is 8.28. The van der Waals surface area contributed by atoms with Crippen LogP contribution in [0.25, 0.3) is 5.76 Å². The number of amides is 1. The summed E-state index contributed by atoms with van der Waals surface area (Å²) in [6.07, 6.45) is 1.74. The Balaban J connectivity index is 1.41. The molecule has 1 aliphatic rings. The van der Waals surface area contributed by atoms with Crippen molar-refractivity contribution in [2.24, 2.45) is 0 Å². The lowest BCUT2D eigenvalue weighted by Gasteiger charge is -2.18. The van der Waals surface area contributed by atoms with Gasteiger partial charge in [0.2, 0.25) is 0 Å². The van der Waals surface area contributed by atoms with Crippen molar-refractivity contribution in [2.45, 2.75) is 17.7 Å². The molecule has 0 fully saturated rings. The Labute approximate surface area is 179 Å². The summed E-state index contributed by atoms with van der Waals surface area (Å²) in [6.45, 7) is 0. The number of rotatable bonds is 5. The average Bonchev–Trinajstić information content (AvgIpc) is 2.74. The van der Waals surface area contributed by atoms with Gasteiger partial charge >= 0.3 is 0 Å². The van der Waals surface area contributed by atoms with Crippen LogP contribution in [0.1, 0.15) is 16.7 Å². The van der Waals surface area contributed by atoms with E-state index in [9.17, 15) is 9.90 Å². The van der Waals surface area contributed by atoms with Crippen LogP contribution in [0.3, 0.4) is 0 Å². The Kier molecular flexibility index (Phi) is 5.93. The molecule has 0 atom stereocenters. The van der Waals surface area contributed by atoms with E-state index in [0.29, 0.717) is 22.6 Å². The summed E-state index contributed by atoms with van der Waals surface area (Å²) in [7, 11) is 0. The molecule has 1 aliphatic heterocycles. The lowest BCUT2D eigenvalue weighted by Crippen LogP contribution is -2.19. The van der Waals surface area contributed by atoms with Crippen LogP contribution in [0.15, 0.2) is 83.3 Å². The normalized spacial score (nSPS) is 13.1. The number of hydrogen-bond donors (Lipinski definition) is 2. The molecule has 5 heteroatoms. The summed E-state index contributed by atoms with van der Waals surface area (Å²) in [5.41, 5.74) is 4.12. The van der Waals surface area contributed by atoms with Crippen molar-refractivity contribution in [3.8, 4) is 0 Å². The topological polar surface area (TPSA) is 49.3 Å². The van der Waals surface area contributed by atoms with Crippen molar-refractivity contribution in [1.82, 2.24) is 0 Å². The summed E-state index contributed by atoms with van der Waals surface area (Å²) in [4.78, 5) is 13.7. The molecule has 29 heavy (non-hydrogen) atoms. The van der Waals surface area contributed by atoms with Gasteiger partial charge in [0.25, 0.3) is 5.91 Å². The quantitative estimate of drug-likeness (QED) is 0.520. The molecule has 0 bridgehead atoms. The third-order valence-electron chi connectivity index (χ3n) is 4.93. The number of nitrogens with one attached hydrogen (secondary N) is 1. The van der Waals surface area contributed by atoms with E-state index in [1.807, 2.05) is 72.8 Å². The van der Waals surface area contributed by atoms with E-state index in [4.69, 9.17) is 11.6 Å². The molecule has 0 aromatic heterocycles. The SMILES string of the molecule is O=C(Nc1ccc(CCc2ccccc2Cl)cc1)C1=C(O)c2ccccc2SC1. The Morgan fingerprint density at radius 1 is 0.966 bits per heavy atom. The van der Waals surface area contributed by atoms with Crippen LogP contribution in [-0.2, 0) is 17.6 Å². The summed E-state index contributed by atoms with van der Waals surface area (Å²) in [5.74, 6) is 0.242. The number of fused-ring (bicyclic) bond motifs is 1. The molecule has 3 nitrogen and oxygen atoms in total. The maximum absolute atomic E-state index is 12.7. The monoisotopic (exact) mass is 421 g/mol. The highest BCUT2D eigenvalue weighted by molar-refractivity contribution is 7.99. The molecule has 2 N–H and O–H groups in total. The van der Waals surface area contributed by atoms with Crippen molar-refractivity contribution in [2.75, 3.05) is 11.1 Å². The first kappa shape index (κ1) is 19.6. The van der Waals surface area contributed by atoms with Crippen LogP contribution in [-0.4, -0.2) is 16.8 Å². The number of carbonyl (C=O) groups is 1. The first-order valence-electron chi connectivity index (χ1n) is 9.40. The molecule has 0 saturated heterocycles. The Morgan fingerprint density at radius 3 is 2.48 bits per heavy atom. The average molecular weight is 422 g/mol. The van der Waals surface area contributed by atoms with E-state index in [0.717, 1.165) is 28.3 Å². The number of hydrogen-bond acceptors (Lipinski definition) is 3. The third-order valence-corrected chi connectivity index (χ3v) is 6.40. The molecule has 0 spiro atoms. The number of aryl methyl sites for hydroxylation is 2. The van der Waals surface area contributed by atoms with E-state index in [1.165, 1.54) is 5.56 Å². The number of aliphatic hydroxyl groups excluding tert-OH is 1. The van der Waals surface area contributed by atoms with Crippen LogP contribution in [0.5, 0.6) is 0 Å². The van der Waals surface area contributed by atoms with Gasteiger partial charge in [-0.25, -0.2) is 0 Å². The first-order valence-corrected chi connectivity index (χ1v) is 10.8. The highest BCUT2D eigenvalue weighted by atomic mass is 35.5. The molecule has 3 aromatic carbocycles. The van der Waals surface area contributed by atoms with Crippen molar-refractivity contribution < 1.29 is 9.90 Å². The molecular weight excluding hydrogens is 402 g/mol. The number of anilines is 1. The molecule has 1 heterocycles. The molecule has 4 rings (SSSR count). The van der Waals surface area contributed by atoms with E-state index in [-0.39, 0.29) is 11.7 Å². The summed E-state index contributed by atoms with van der Waals surface area (Å²) >= 11 is 7.77. The van der Waals surface area contributed by atoms with Crippen LogP contribution < -0.4 is 5.32 Å². The zero-order chi connectivity index (χ0) is 20.2. The zero-order valence-corrected chi connectivity index (χ0v) is 17.3. The van der Waals surface area contributed by atoms with Crippen molar-refractivity contribution in [3.05, 3.63) is 100 Å². The van der Waals surface area contributed by atoms with Gasteiger partial charge in [-0.3, -0.25) is 4.79 Å². The molecule has 3 aromatic rings. The lowest BCUT2D eigenvalue weighted by molar-refractivity contribution is -0.112. The van der Waals surface area contributed by atoms with Gasteiger partial charge in [0.1, 0.15) is 5.76 Å². The number of carbonyl (C=O) groups excluding carboxylic acids is 1. The summed E-state index contributed by atoms with van der Waals surface area (Å²) in [6, 6.07) is 23.2.